The summed E-state index contributed by atoms with van der Waals surface area (Å²) in [5, 5.41) is 0. The third-order valence-corrected chi connectivity index (χ3v) is 3.35. The van der Waals surface area contributed by atoms with Gasteiger partial charge in [0.05, 0.1) is 6.04 Å². The average molecular weight is 241 g/mol. The highest BCUT2D eigenvalue weighted by molar-refractivity contribution is 6.17. The number of likely N-dealkylation sites (tertiary alicyclic amines) is 1. The Labute approximate surface area is 101 Å². The van der Waals surface area contributed by atoms with Gasteiger partial charge in [0.25, 0.3) is 0 Å². The summed E-state index contributed by atoms with van der Waals surface area (Å²) in [6.07, 6.45) is 5.41. The molecule has 1 N–H and O–H groups in total. The van der Waals surface area contributed by atoms with Crippen LogP contribution in [-0.4, -0.2) is 28.2 Å². The van der Waals surface area contributed by atoms with E-state index in [-0.39, 0.29) is 11.9 Å². The molecule has 1 amide bonds. The van der Waals surface area contributed by atoms with Crippen molar-refractivity contribution in [2.75, 3.05) is 12.4 Å². The van der Waals surface area contributed by atoms with Crippen LogP contribution in [0.25, 0.3) is 0 Å². The maximum absolute atomic E-state index is 12.0. The van der Waals surface area contributed by atoms with Gasteiger partial charge in [0.15, 0.2) is 0 Å². The Balaban J connectivity index is 2.01. The van der Waals surface area contributed by atoms with E-state index >= 15 is 0 Å². The summed E-state index contributed by atoms with van der Waals surface area (Å²) < 4.78 is 0. The smallest absolute Gasteiger partial charge is 0.223 e. The summed E-state index contributed by atoms with van der Waals surface area (Å²) >= 11 is 5.61. The number of carbonyl (C=O) groups excluding carboxylic acids is 1. The summed E-state index contributed by atoms with van der Waals surface area (Å²) in [5.41, 5.74) is 1.15. The van der Waals surface area contributed by atoms with Crippen molar-refractivity contribution >= 4 is 17.5 Å². The van der Waals surface area contributed by atoms with Crippen molar-refractivity contribution in [3.63, 3.8) is 0 Å². The highest BCUT2D eigenvalue weighted by Gasteiger charge is 2.29. The minimum absolute atomic E-state index is 0.234. The Bertz CT molecular complexity index is 337. The zero-order chi connectivity index (χ0) is 11.4. The number of aromatic amines is 1. The van der Waals surface area contributed by atoms with E-state index in [0.717, 1.165) is 31.5 Å². The molecule has 1 unspecified atom stereocenters. The first-order valence-electron chi connectivity index (χ1n) is 5.81. The molecule has 1 saturated heterocycles. The predicted molar refractivity (Wildman–Crippen MR) is 64.4 cm³/mol. The minimum Gasteiger partial charge on any atom is -0.363 e. The molecule has 88 valence electrons. The van der Waals surface area contributed by atoms with Crippen molar-refractivity contribution in [2.45, 2.75) is 31.7 Å². The van der Waals surface area contributed by atoms with Crippen LogP contribution in [0.2, 0.25) is 0 Å². The third kappa shape index (κ3) is 2.40. The maximum Gasteiger partial charge on any atom is 0.223 e. The van der Waals surface area contributed by atoms with E-state index in [9.17, 15) is 4.79 Å². The van der Waals surface area contributed by atoms with Crippen LogP contribution in [0.3, 0.4) is 0 Å². The molecule has 1 aromatic heterocycles. The molecule has 0 radical (unpaired) electrons. The van der Waals surface area contributed by atoms with Gasteiger partial charge in [-0.15, -0.1) is 11.6 Å². The molecule has 1 aromatic rings. The Morgan fingerprint density at radius 1 is 1.62 bits per heavy atom. The number of nitrogens with one attached hydrogen (secondary N) is 1. The van der Waals surface area contributed by atoms with Crippen LogP contribution >= 0.6 is 11.6 Å². The third-order valence-electron chi connectivity index (χ3n) is 3.08. The number of H-pyrrole nitrogens is 1. The number of amides is 1. The molecule has 16 heavy (non-hydrogen) atoms. The summed E-state index contributed by atoms with van der Waals surface area (Å²) in [4.78, 5) is 17.1. The van der Waals surface area contributed by atoms with Crippen molar-refractivity contribution in [1.29, 1.82) is 0 Å². The number of hydrogen-bond donors (Lipinski definition) is 1. The number of carbonyl (C=O) groups is 1. The second-order valence-electron chi connectivity index (χ2n) is 4.16. The molecule has 2 rings (SSSR count). The van der Waals surface area contributed by atoms with Crippen molar-refractivity contribution < 1.29 is 4.79 Å². The topological polar surface area (TPSA) is 36.1 Å². The fourth-order valence-electron chi connectivity index (χ4n) is 2.30. The van der Waals surface area contributed by atoms with Crippen LogP contribution in [0.4, 0.5) is 0 Å². The van der Waals surface area contributed by atoms with Gasteiger partial charge in [-0.05, 0) is 31.4 Å². The number of halogens is 1. The van der Waals surface area contributed by atoms with Gasteiger partial charge in [-0.25, -0.2) is 0 Å². The maximum atomic E-state index is 12.0. The van der Waals surface area contributed by atoms with Crippen LogP contribution in [-0.2, 0) is 4.79 Å². The van der Waals surface area contributed by atoms with Gasteiger partial charge < -0.3 is 9.88 Å². The first kappa shape index (κ1) is 11.5. The normalized spacial score (nSPS) is 20.3. The van der Waals surface area contributed by atoms with Crippen molar-refractivity contribution in [3.8, 4) is 0 Å². The lowest BCUT2D eigenvalue weighted by Gasteiger charge is -2.24. The first-order chi connectivity index (χ1) is 7.83. The molecule has 1 aliphatic heterocycles. The highest BCUT2D eigenvalue weighted by Crippen LogP contribution is 2.31. The molecule has 1 fully saturated rings. The largest absolute Gasteiger partial charge is 0.363 e. The molecule has 2 heterocycles. The average Bonchev–Trinajstić information content (AvgIpc) is 2.94. The van der Waals surface area contributed by atoms with Gasteiger partial charge in [0, 0.05) is 30.7 Å². The van der Waals surface area contributed by atoms with Crippen molar-refractivity contribution in [2.24, 2.45) is 0 Å². The van der Waals surface area contributed by atoms with Gasteiger partial charge >= 0.3 is 0 Å². The lowest BCUT2D eigenvalue weighted by atomic mass is 10.1. The van der Waals surface area contributed by atoms with E-state index in [1.165, 1.54) is 0 Å². The van der Waals surface area contributed by atoms with Crippen molar-refractivity contribution in [3.05, 3.63) is 24.0 Å². The van der Waals surface area contributed by atoms with Gasteiger partial charge in [-0.3, -0.25) is 4.79 Å². The van der Waals surface area contributed by atoms with Crippen LogP contribution in [0, 0.1) is 0 Å². The predicted octanol–water partition coefficient (Wildman–Crippen LogP) is 2.70. The van der Waals surface area contributed by atoms with Crippen LogP contribution in [0.1, 0.15) is 37.4 Å². The molecule has 0 spiro atoms. The van der Waals surface area contributed by atoms with Crippen molar-refractivity contribution in [1.82, 2.24) is 9.88 Å². The number of aromatic nitrogens is 1. The SMILES string of the molecule is O=C(CCCCl)N1CCCC1c1ccc[nH]1. The van der Waals surface area contributed by atoms with Gasteiger partial charge in [-0.2, -0.15) is 0 Å². The summed E-state index contributed by atoms with van der Waals surface area (Å²) in [7, 11) is 0. The molecule has 0 saturated carbocycles. The van der Waals surface area contributed by atoms with E-state index in [0.29, 0.717) is 12.3 Å². The summed E-state index contributed by atoms with van der Waals surface area (Å²) in [6, 6.07) is 4.28. The molecule has 1 atom stereocenters. The van der Waals surface area contributed by atoms with Gasteiger partial charge in [-0.1, -0.05) is 0 Å². The van der Waals surface area contributed by atoms with E-state index in [2.05, 4.69) is 11.1 Å². The second-order valence-corrected chi connectivity index (χ2v) is 4.54. The fourth-order valence-corrected chi connectivity index (χ4v) is 2.44. The monoisotopic (exact) mass is 240 g/mol. The Kier molecular flexibility index (Phi) is 3.88. The van der Waals surface area contributed by atoms with Gasteiger partial charge in [0.1, 0.15) is 0 Å². The van der Waals surface area contributed by atoms with Crippen LogP contribution in [0.15, 0.2) is 18.3 Å². The number of alkyl halides is 1. The number of nitrogens with zero attached hydrogens (tertiary/aromatic N) is 1. The molecule has 3 nitrogen and oxygen atoms in total. The lowest BCUT2D eigenvalue weighted by Crippen LogP contribution is -2.30. The zero-order valence-corrected chi connectivity index (χ0v) is 10.0. The second kappa shape index (κ2) is 5.39. The lowest BCUT2D eigenvalue weighted by molar-refractivity contribution is -0.132. The Hall–Kier alpha value is -0.960. The van der Waals surface area contributed by atoms with Crippen LogP contribution in [0.5, 0.6) is 0 Å². The fraction of sp³-hybridized carbons (Fsp3) is 0.583. The Morgan fingerprint density at radius 3 is 3.19 bits per heavy atom. The van der Waals surface area contributed by atoms with Gasteiger partial charge in [0.2, 0.25) is 5.91 Å². The minimum atomic E-state index is 0.234. The summed E-state index contributed by atoms with van der Waals surface area (Å²) in [5.74, 6) is 0.796. The van der Waals surface area contributed by atoms with E-state index in [1.54, 1.807) is 0 Å². The molecular weight excluding hydrogens is 224 g/mol. The molecular formula is C12H17ClN2O. The Morgan fingerprint density at radius 2 is 2.50 bits per heavy atom. The molecule has 1 aliphatic rings. The number of hydrogen-bond acceptors (Lipinski definition) is 1. The first-order valence-corrected chi connectivity index (χ1v) is 6.35. The zero-order valence-electron chi connectivity index (χ0n) is 9.29. The number of rotatable bonds is 4. The highest BCUT2D eigenvalue weighted by atomic mass is 35.5. The van der Waals surface area contributed by atoms with Crippen LogP contribution < -0.4 is 0 Å². The molecule has 0 aromatic carbocycles. The molecule has 0 aliphatic carbocycles. The van der Waals surface area contributed by atoms with E-state index < -0.39 is 0 Å². The van der Waals surface area contributed by atoms with E-state index in [1.807, 2.05) is 17.2 Å². The summed E-state index contributed by atoms with van der Waals surface area (Å²) in [6.45, 7) is 0.880. The quantitative estimate of drug-likeness (QED) is 0.808. The molecule has 0 bridgehead atoms. The standard InChI is InChI=1S/C12H17ClN2O/c13-7-1-6-12(16)15-9-3-5-11(15)10-4-2-8-14-10/h2,4,8,11,14H,1,3,5-7,9H2. The van der Waals surface area contributed by atoms with E-state index in [4.69, 9.17) is 11.6 Å². The molecule has 4 heteroatoms.